The zero-order valence-electron chi connectivity index (χ0n) is 9.83. The summed E-state index contributed by atoms with van der Waals surface area (Å²) in [6.45, 7) is 2.36. The maximum Gasteiger partial charge on any atom is 0.399 e. The van der Waals surface area contributed by atoms with Gasteiger partial charge in [0.15, 0.2) is 5.84 Å². The highest BCUT2D eigenvalue weighted by Gasteiger charge is 2.42. The molecule has 0 aromatic rings. The number of nitrogens with zero attached hydrogens (tertiary/aromatic N) is 1. The summed E-state index contributed by atoms with van der Waals surface area (Å²) in [5.41, 5.74) is 4.97. The summed E-state index contributed by atoms with van der Waals surface area (Å²) in [7, 11) is 0. The van der Waals surface area contributed by atoms with E-state index in [9.17, 15) is 18.0 Å². The van der Waals surface area contributed by atoms with E-state index >= 15 is 0 Å². The van der Waals surface area contributed by atoms with Crippen molar-refractivity contribution < 1.29 is 23.2 Å². The van der Waals surface area contributed by atoms with Gasteiger partial charge in [-0.2, -0.15) is 24.9 Å². The standard InChI is InChI=1S/C9H16F3N3O2S/c1-2-3-14-7(16)5-18-4-6(8(13)15-17)9(10,11)12/h6,17H,2-5H2,1H3,(H2,13,15)(H,14,16). The third kappa shape index (κ3) is 6.58. The van der Waals surface area contributed by atoms with Crippen LogP contribution in [0.1, 0.15) is 13.3 Å². The molecule has 0 aromatic carbocycles. The Morgan fingerprint density at radius 2 is 2.17 bits per heavy atom. The van der Waals surface area contributed by atoms with Crippen LogP contribution in [-0.4, -0.2) is 41.2 Å². The summed E-state index contributed by atoms with van der Waals surface area (Å²) in [6, 6.07) is 0. The van der Waals surface area contributed by atoms with Gasteiger partial charge in [-0.05, 0) is 6.42 Å². The van der Waals surface area contributed by atoms with E-state index in [1.807, 2.05) is 6.92 Å². The molecule has 0 rings (SSSR count). The van der Waals surface area contributed by atoms with Crippen molar-refractivity contribution in [1.29, 1.82) is 0 Å². The minimum absolute atomic E-state index is 0.0920. The molecule has 0 aliphatic rings. The fraction of sp³-hybridized carbons (Fsp3) is 0.778. The van der Waals surface area contributed by atoms with Gasteiger partial charge in [-0.25, -0.2) is 0 Å². The first-order valence-corrected chi connectivity index (χ1v) is 6.37. The maximum absolute atomic E-state index is 12.5. The van der Waals surface area contributed by atoms with Crippen LogP contribution >= 0.6 is 11.8 Å². The van der Waals surface area contributed by atoms with E-state index in [1.165, 1.54) is 0 Å². The SMILES string of the molecule is CCCNC(=O)CSCC(C(N)=NO)C(F)(F)F. The third-order valence-electron chi connectivity index (χ3n) is 1.96. The molecule has 4 N–H and O–H groups in total. The molecule has 1 amide bonds. The molecule has 1 atom stereocenters. The van der Waals surface area contributed by atoms with Gasteiger partial charge in [-0.15, -0.1) is 0 Å². The number of oxime groups is 1. The second kappa shape index (κ2) is 8.06. The van der Waals surface area contributed by atoms with Crippen LogP contribution in [-0.2, 0) is 4.79 Å². The Bertz CT molecular complexity index is 297. The van der Waals surface area contributed by atoms with E-state index in [2.05, 4.69) is 10.5 Å². The second-order valence-electron chi connectivity index (χ2n) is 3.48. The van der Waals surface area contributed by atoms with E-state index in [1.54, 1.807) is 0 Å². The molecule has 0 saturated heterocycles. The molecule has 0 bridgehead atoms. The fourth-order valence-electron chi connectivity index (χ4n) is 1.00. The van der Waals surface area contributed by atoms with Crippen molar-refractivity contribution in [1.82, 2.24) is 5.32 Å². The summed E-state index contributed by atoms with van der Waals surface area (Å²) in [5.74, 6) is -3.83. The van der Waals surface area contributed by atoms with Crippen molar-refractivity contribution in [3.05, 3.63) is 0 Å². The minimum Gasteiger partial charge on any atom is -0.409 e. The highest BCUT2D eigenvalue weighted by molar-refractivity contribution is 7.99. The summed E-state index contributed by atoms with van der Waals surface area (Å²) in [6.07, 6.45) is -3.84. The zero-order chi connectivity index (χ0) is 14.2. The number of carbonyl (C=O) groups excluding carboxylic acids is 1. The van der Waals surface area contributed by atoms with Crippen LogP contribution in [0.5, 0.6) is 0 Å². The Morgan fingerprint density at radius 3 is 2.61 bits per heavy atom. The molecule has 0 spiro atoms. The smallest absolute Gasteiger partial charge is 0.399 e. The quantitative estimate of drug-likeness (QED) is 0.284. The molecule has 106 valence electrons. The average molecular weight is 287 g/mol. The lowest BCUT2D eigenvalue weighted by molar-refractivity contribution is -0.150. The van der Waals surface area contributed by atoms with Crippen molar-refractivity contribution >= 4 is 23.5 Å². The number of amidine groups is 1. The van der Waals surface area contributed by atoms with E-state index < -0.39 is 23.7 Å². The van der Waals surface area contributed by atoms with Gasteiger partial charge < -0.3 is 16.3 Å². The Kier molecular flexibility index (Phi) is 7.56. The number of hydrogen-bond donors (Lipinski definition) is 3. The van der Waals surface area contributed by atoms with Crippen molar-refractivity contribution in [3.63, 3.8) is 0 Å². The first-order chi connectivity index (χ1) is 8.32. The van der Waals surface area contributed by atoms with Gasteiger partial charge in [0.25, 0.3) is 0 Å². The Labute approximate surface area is 107 Å². The van der Waals surface area contributed by atoms with Gasteiger partial charge in [0.1, 0.15) is 5.92 Å². The molecule has 0 fully saturated rings. The van der Waals surface area contributed by atoms with E-state index in [0.29, 0.717) is 6.54 Å². The van der Waals surface area contributed by atoms with Crippen LogP contribution < -0.4 is 11.1 Å². The molecule has 0 radical (unpaired) electrons. The number of nitrogens with two attached hydrogens (primary N) is 1. The highest BCUT2D eigenvalue weighted by Crippen LogP contribution is 2.29. The highest BCUT2D eigenvalue weighted by atomic mass is 32.2. The van der Waals surface area contributed by atoms with Crippen molar-refractivity contribution in [2.24, 2.45) is 16.8 Å². The summed E-state index contributed by atoms with van der Waals surface area (Å²) in [4.78, 5) is 11.1. The van der Waals surface area contributed by atoms with Gasteiger partial charge in [-0.1, -0.05) is 12.1 Å². The number of thioether (sulfide) groups is 1. The number of rotatable bonds is 7. The van der Waals surface area contributed by atoms with E-state index in [-0.39, 0.29) is 11.7 Å². The first-order valence-electron chi connectivity index (χ1n) is 5.21. The number of hydrogen-bond acceptors (Lipinski definition) is 4. The Morgan fingerprint density at radius 1 is 1.56 bits per heavy atom. The van der Waals surface area contributed by atoms with Gasteiger partial charge in [0.05, 0.1) is 5.75 Å². The number of nitrogens with one attached hydrogen (secondary N) is 1. The summed E-state index contributed by atoms with van der Waals surface area (Å²) >= 11 is 0.786. The number of alkyl halides is 3. The molecule has 1 unspecified atom stereocenters. The van der Waals surface area contributed by atoms with Crippen molar-refractivity contribution in [3.8, 4) is 0 Å². The molecule has 0 aliphatic carbocycles. The molecule has 0 heterocycles. The lowest BCUT2D eigenvalue weighted by Gasteiger charge is -2.18. The monoisotopic (exact) mass is 287 g/mol. The predicted molar refractivity (Wildman–Crippen MR) is 63.6 cm³/mol. The van der Waals surface area contributed by atoms with E-state index in [4.69, 9.17) is 10.9 Å². The maximum atomic E-state index is 12.5. The minimum atomic E-state index is -4.59. The van der Waals surface area contributed by atoms with Gasteiger partial charge >= 0.3 is 6.18 Å². The number of amides is 1. The lowest BCUT2D eigenvalue weighted by Crippen LogP contribution is -2.38. The molecule has 9 heteroatoms. The van der Waals surface area contributed by atoms with Crippen LogP contribution in [0.4, 0.5) is 13.2 Å². The van der Waals surface area contributed by atoms with Crippen molar-refractivity contribution in [2.75, 3.05) is 18.1 Å². The second-order valence-corrected chi connectivity index (χ2v) is 4.51. The van der Waals surface area contributed by atoms with E-state index in [0.717, 1.165) is 18.2 Å². The summed E-state index contributed by atoms with van der Waals surface area (Å²) < 4.78 is 37.5. The van der Waals surface area contributed by atoms with Crippen LogP contribution in [0.2, 0.25) is 0 Å². The van der Waals surface area contributed by atoms with Crippen LogP contribution in [0, 0.1) is 5.92 Å². The van der Waals surface area contributed by atoms with Crippen LogP contribution in [0.15, 0.2) is 5.16 Å². The molecular weight excluding hydrogens is 271 g/mol. The molecule has 5 nitrogen and oxygen atoms in total. The molecule has 0 saturated carbocycles. The fourth-order valence-corrected chi connectivity index (χ4v) is 2.00. The predicted octanol–water partition coefficient (Wildman–Crippen LogP) is 1.17. The normalized spacial score (nSPS) is 14.3. The molecule has 18 heavy (non-hydrogen) atoms. The lowest BCUT2D eigenvalue weighted by atomic mass is 10.1. The van der Waals surface area contributed by atoms with Gasteiger partial charge in [0, 0.05) is 12.3 Å². The molecular formula is C9H16F3N3O2S. The number of carbonyl (C=O) groups is 1. The average Bonchev–Trinajstić information content (AvgIpc) is 2.29. The van der Waals surface area contributed by atoms with Crippen LogP contribution in [0.3, 0.4) is 0 Å². The topological polar surface area (TPSA) is 87.7 Å². The van der Waals surface area contributed by atoms with Crippen molar-refractivity contribution in [2.45, 2.75) is 19.5 Å². The van der Waals surface area contributed by atoms with Gasteiger partial charge in [-0.3, -0.25) is 4.79 Å². The molecule has 0 aliphatic heterocycles. The zero-order valence-corrected chi connectivity index (χ0v) is 10.6. The van der Waals surface area contributed by atoms with Crippen LogP contribution in [0.25, 0.3) is 0 Å². The Hall–Kier alpha value is -1.12. The third-order valence-corrected chi connectivity index (χ3v) is 2.99. The summed E-state index contributed by atoms with van der Waals surface area (Å²) in [5, 5.41) is 13.2. The Balaban J connectivity index is 4.18. The van der Waals surface area contributed by atoms with Gasteiger partial charge in [0.2, 0.25) is 5.91 Å². The largest absolute Gasteiger partial charge is 0.409 e. The number of halogens is 3. The first kappa shape index (κ1) is 16.9. The molecule has 0 aromatic heterocycles.